The first-order chi connectivity index (χ1) is 17.1. The van der Waals surface area contributed by atoms with Gasteiger partial charge in [0.15, 0.2) is 0 Å². The average molecular weight is 508 g/mol. The molecule has 0 radical (unpaired) electrons. The zero-order valence-electron chi connectivity index (χ0n) is 19.0. The molecule has 2 aromatic heterocycles. The van der Waals surface area contributed by atoms with E-state index in [-0.39, 0.29) is 19.3 Å². The van der Waals surface area contributed by atoms with E-state index in [1.807, 2.05) is 0 Å². The fourth-order valence-electron chi connectivity index (χ4n) is 3.08. The van der Waals surface area contributed by atoms with Crippen LogP contribution in [0.5, 0.6) is 0 Å². The van der Waals surface area contributed by atoms with E-state index in [4.69, 9.17) is 15.9 Å². The van der Waals surface area contributed by atoms with Crippen molar-refractivity contribution in [3.05, 3.63) is 36.4 Å². The van der Waals surface area contributed by atoms with E-state index in [0.717, 1.165) is 0 Å². The van der Waals surface area contributed by atoms with E-state index >= 15 is 0 Å². The molecule has 0 bridgehead atoms. The smallest absolute Gasteiger partial charge is 0.326 e. The lowest BCUT2D eigenvalue weighted by atomic mass is 10.1. The van der Waals surface area contributed by atoms with Crippen LogP contribution in [-0.2, 0) is 36.8 Å². The second-order valence-electron chi connectivity index (χ2n) is 7.81. The Morgan fingerprint density at radius 1 is 0.833 bits per heavy atom. The molecule has 0 aliphatic carbocycles. The van der Waals surface area contributed by atoms with Gasteiger partial charge in [0, 0.05) is 43.0 Å². The molecule has 0 aliphatic rings. The number of aliphatic hydroxyl groups is 1. The standard InChI is InChI=1S/C20H28N8O8/c21-12(7-29)17(32)27-14(3-10-5-22-8-24-10)19(34)26-13(1-2-16(30)31)18(33)28-15(20(35)36)4-11-6-23-9-25-11/h5-6,8-9,12-15,29H,1-4,7,21H2,(H,22,24)(H,23,25)(H,26,34)(H,27,32)(H,28,33)(H,30,31)(H,35,36). The lowest BCUT2D eigenvalue weighted by Gasteiger charge is -2.24. The van der Waals surface area contributed by atoms with Crippen molar-refractivity contribution in [2.75, 3.05) is 6.61 Å². The number of imidazole rings is 2. The zero-order valence-corrected chi connectivity index (χ0v) is 19.0. The third kappa shape index (κ3) is 8.80. The minimum absolute atomic E-state index is 0.0967. The minimum Gasteiger partial charge on any atom is -0.481 e. The summed E-state index contributed by atoms with van der Waals surface area (Å²) in [5, 5.41) is 34.7. The molecule has 0 saturated heterocycles. The first-order valence-electron chi connectivity index (χ1n) is 10.8. The molecule has 2 aromatic rings. The number of rotatable bonds is 15. The van der Waals surface area contributed by atoms with Crippen molar-refractivity contribution in [1.29, 1.82) is 0 Å². The van der Waals surface area contributed by atoms with Gasteiger partial charge in [-0.2, -0.15) is 0 Å². The summed E-state index contributed by atoms with van der Waals surface area (Å²) in [5.74, 6) is -5.24. The van der Waals surface area contributed by atoms with Gasteiger partial charge in [0.25, 0.3) is 0 Å². The van der Waals surface area contributed by atoms with Gasteiger partial charge in [0.2, 0.25) is 17.7 Å². The maximum absolute atomic E-state index is 13.0. The molecule has 0 aromatic carbocycles. The normalized spacial score (nSPS) is 14.2. The van der Waals surface area contributed by atoms with Gasteiger partial charge < -0.3 is 47.0 Å². The predicted molar refractivity (Wildman–Crippen MR) is 120 cm³/mol. The zero-order chi connectivity index (χ0) is 26.7. The van der Waals surface area contributed by atoms with Crippen LogP contribution in [0, 0.1) is 0 Å². The van der Waals surface area contributed by atoms with Crippen LogP contribution in [0.2, 0.25) is 0 Å². The van der Waals surface area contributed by atoms with Crippen LogP contribution in [0.1, 0.15) is 24.2 Å². The molecule has 4 atom stereocenters. The third-order valence-electron chi connectivity index (χ3n) is 5.02. The van der Waals surface area contributed by atoms with Gasteiger partial charge in [-0.1, -0.05) is 0 Å². The van der Waals surface area contributed by atoms with E-state index in [0.29, 0.717) is 11.4 Å². The number of aromatic nitrogens is 4. The number of carboxylic acid groups (broad SMARTS) is 2. The summed E-state index contributed by atoms with van der Waals surface area (Å²) in [6, 6.07) is -5.43. The number of nitrogens with zero attached hydrogens (tertiary/aromatic N) is 2. The topological polar surface area (TPSA) is 266 Å². The molecule has 196 valence electrons. The Labute approximate surface area is 204 Å². The number of nitrogens with two attached hydrogens (primary N) is 1. The molecule has 16 nitrogen and oxygen atoms in total. The third-order valence-corrected chi connectivity index (χ3v) is 5.02. The highest BCUT2D eigenvalue weighted by Gasteiger charge is 2.31. The van der Waals surface area contributed by atoms with E-state index in [2.05, 4.69) is 35.9 Å². The van der Waals surface area contributed by atoms with Gasteiger partial charge in [-0.05, 0) is 6.42 Å². The number of aliphatic carboxylic acids is 2. The number of hydrogen-bond donors (Lipinski definition) is 9. The second kappa shape index (κ2) is 13.5. The molecule has 2 rings (SSSR count). The van der Waals surface area contributed by atoms with Gasteiger partial charge in [-0.15, -0.1) is 0 Å². The molecular formula is C20H28N8O8. The average Bonchev–Trinajstić information content (AvgIpc) is 3.54. The lowest BCUT2D eigenvalue weighted by molar-refractivity contribution is -0.143. The summed E-state index contributed by atoms with van der Waals surface area (Å²) >= 11 is 0. The van der Waals surface area contributed by atoms with Crippen molar-refractivity contribution in [3.63, 3.8) is 0 Å². The van der Waals surface area contributed by atoms with Gasteiger partial charge >= 0.3 is 11.9 Å². The molecule has 10 N–H and O–H groups in total. The second-order valence-corrected chi connectivity index (χ2v) is 7.81. The monoisotopic (exact) mass is 508 g/mol. The molecule has 2 heterocycles. The number of aliphatic hydroxyl groups excluding tert-OH is 1. The summed E-state index contributed by atoms with van der Waals surface area (Å²) in [6.45, 7) is -0.680. The van der Waals surface area contributed by atoms with Crippen LogP contribution in [0.25, 0.3) is 0 Å². The number of nitrogens with one attached hydrogen (secondary N) is 5. The first-order valence-corrected chi connectivity index (χ1v) is 10.8. The lowest BCUT2D eigenvalue weighted by Crippen LogP contribution is -2.58. The number of hydrogen-bond acceptors (Lipinski definition) is 9. The molecule has 0 spiro atoms. The fraction of sp³-hybridized carbons (Fsp3) is 0.450. The summed E-state index contributed by atoms with van der Waals surface area (Å²) in [4.78, 5) is 73.9. The number of carbonyl (C=O) groups excluding carboxylic acids is 3. The quantitative estimate of drug-likeness (QED) is 0.115. The molecule has 0 saturated carbocycles. The predicted octanol–water partition coefficient (Wildman–Crippen LogP) is -3.36. The highest BCUT2D eigenvalue weighted by atomic mass is 16.4. The molecule has 4 unspecified atom stereocenters. The van der Waals surface area contributed by atoms with Crippen molar-refractivity contribution in [1.82, 2.24) is 35.9 Å². The molecule has 16 heteroatoms. The Morgan fingerprint density at radius 3 is 1.81 bits per heavy atom. The van der Waals surface area contributed by atoms with Crippen LogP contribution in [0.15, 0.2) is 25.0 Å². The minimum atomic E-state index is -1.44. The maximum Gasteiger partial charge on any atom is 0.326 e. The van der Waals surface area contributed by atoms with Crippen LogP contribution >= 0.6 is 0 Å². The van der Waals surface area contributed by atoms with Gasteiger partial charge in [0.1, 0.15) is 24.2 Å². The van der Waals surface area contributed by atoms with E-state index < -0.39 is 66.9 Å². The highest BCUT2D eigenvalue weighted by Crippen LogP contribution is 2.06. The summed E-state index contributed by atoms with van der Waals surface area (Å²) < 4.78 is 0. The first kappa shape index (κ1) is 27.9. The molecular weight excluding hydrogens is 480 g/mol. The maximum atomic E-state index is 13.0. The van der Waals surface area contributed by atoms with E-state index in [9.17, 15) is 29.1 Å². The number of aromatic amines is 2. The SMILES string of the molecule is NC(CO)C(=O)NC(Cc1cnc[nH]1)C(=O)NC(CCC(=O)O)C(=O)NC(Cc1cnc[nH]1)C(=O)O. The molecule has 0 aliphatic heterocycles. The van der Waals surface area contributed by atoms with E-state index in [1.54, 1.807) is 0 Å². The Bertz CT molecular complexity index is 1030. The summed E-state index contributed by atoms with van der Waals surface area (Å²) in [6.07, 6.45) is 4.36. The van der Waals surface area contributed by atoms with Gasteiger partial charge in [-0.25, -0.2) is 14.8 Å². The van der Waals surface area contributed by atoms with E-state index in [1.165, 1.54) is 25.0 Å². The number of H-pyrrole nitrogens is 2. The molecule has 0 fully saturated rings. The van der Waals surface area contributed by atoms with Crippen molar-refractivity contribution < 1.29 is 39.3 Å². The number of amides is 3. The Balaban J connectivity index is 2.18. The Kier molecular flexibility index (Phi) is 10.5. The Hall–Kier alpha value is -4.31. The fourth-order valence-corrected chi connectivity index (χ4v) is 3.08. The largest absolute Gasteiger partial charge is 0.481 e. The van der Waals surface area contributed by atoms with Gasteiger partial charge in [-0.3, -0.25) is 19.2 Å². The van der Waals surface area contributed by atoms with Crippen LogP contribution in [-0.4, -0.2) is 95.7 Å². The van der Waals surface area contributed by atoms with Crippen molar-refractivity contribution >= 4 is 29.7 Å². The van der Waals surface area contributed by atoms with Crippen LogP contribution in [0.4, 0.5) is 0 Å². The van der Waals surface area contributed by atoms with Crippen molar-refractivity contribution in [2.24, 2.45) is 5.73 Å². The number of carboxylic acids is 2. The van der Waals surface area contributed by atoms with Crippen LogP contribution < -0.4 is 21.7 Å². The summed E-state index contributed by atoms with van der Waals surface area (Å²) in [5.41, 5.74) is 6.38. The number of carbonyl (C=O) groups is 5. The summed E-state index contributed by atoms with van der Waals surface area (Å²) in [7, 11) is 0. The van der Waals surface area contributed by atoms with Gasteiger partial charge in [0.05, 0.1) is 19.3 Å². The van der Waals surface area contributed by atoms with Crippen LogP contribution in [0.3, 0.4) is 0 Å². The molecule has 3 amide bonds. The van der Waals surface area contributed by atoms with Crippen molar-refractivity contribution in [2.45, 2.75) is 49.9 Å². The van der Waals surface area contributed by atoms with Crippen molar-refractivity contribution in [3.8, 4) is 0 Å². The highest BCUT2D eigenvalue weighted by molar-refractivity contribution is 5.94. The molecule has 36 heavy (non-hydrogen) atoms. The Morgan fingerprint density at radius 2 is 1.33 bits per heavy atom.